The molecular formula is C11H22N2O2. The maximum absolute atomic E-state index is 11.8. The number of nitrogens with zero attached hydrogens (tertiary/aromatic N) is 1. The van der Waals surface area contributed by atoms with E-state index in [1.54, 1.807) is 12.0 Å². The third kappa shape index (κ3) is 3.80. The highest BCUT2D eigenvalue weighted by Gasteiger charge is 2.34. The first-order valence-corrected chi connectivity index (χ1v) is 5.55. The zero-order valence-electron chi connectivity index (χ0n) is 9.90. The van der Waals surface area contributed by atoms with Gasteiger partial charge < -0.3 is 15.4 Å². The Labute approximate surface area is 91.8 Å². The highest BCUT2D eigenvalue weighted by atomic mass is 16.5. The van der Waals surface area contributed by atoms with E-state index in [0.29, 0.717) is 18.9 Å². The van der Waals surface area contributed by atoms with E-state index in [-0.39, 0.29) is 5.91 Å². The smallest absolute Gasteiger partial charge is 0.239 e. The largest absolute Gasteiger partial charge is 0.385 e. The van der Waals surface area contributed by atoms with Gasteiger partial charge in [-0.1, -0.05) is 6.92 Å². The van der Waals surface area contributed by atoms with Crippen LogP contribution < -0.4 is 5.73 Å². The van der Waals surface area contributed by atoms with Crippen LogP contribution in [0.15, 0.2) is 0 Å². The number of carbonyl (C=O) groups is 1. The lowest BCUT2D eigenvalue weighted by atomic mass is 10.2. The predicted octanol–water partition coefficient (Wildman–Crippen LogP) is 0.465. The summed E-state index contributed by atoms with van der Waals surface area (Å²) in [6.07, 6.45) is 1.84. The second-order valence-electron chi connectivity index (χ2n) is 4.58. The lowest BCUT2D eigenvalue weighted by Crippen LogP contribution is -2.43. The van der Waals surface area contributed by atoms with Crippen molar-refractivity contribution in [3.8, 4) is 0 Å². The first kappa shape index (κ1) is 12.5. The lowest BCUT2D eigenvalue weighted by molar-refractivity contribution is -0.131. The Balaban J connectivity index is 2.24. The van der Waals surface area contributed by atoms with E-state index in [2.05, 4.69) is 6.92 Å². The fourth-order valence-corrected chi connectivity index (χ4v) is 1.75. The average molecular weight is 214 g/mol. The second-order valence-corrected chi connectivity index (χ2v) is 4.58. The zero-order chi connectivity index (χ0) is 11.4. The van der Waals surface area contributed by atoms with Gasteiger partial charge >= 0.3 is 0 Å². The molecule has 0 spiro atoms. The van der Waals surface area contributed by atoms with Gasteiger partial charge in [0.15, 0.2) is 0 Å². The molecule has 1 aliphatic rings. The first-order valence-electron chi connectivity index (χ1n) is 5.55. The molecule has 0 bridgehead atoms. The minimum absolute atomic E-state index is 0.0335. The summed E-state index contributed by atoms with van der Waals surface area (Å²) in [5.74, 6) is 1.50. The third-order valence-corrected chi connectivity index (χ3v) is 3.11. The van der Waals surface area contributed by atoms with Crippen LogP contribution in [0.4, 0.5) is 0 Å². The minimum Gasteiger partial charge on any atom is -0.385 e. The van der Waals surface area contributed by atoms with Crippen LogP contribution in [0.5, 0.6) is 0 Å². The number of hydrogen-bond donors (Lipinski definition) is 1. The molecule has 1 rings (SSSR count). The molecule has 0 radical (unpaired) electrons. The SMILES string of the molecule is COCCC(N)C(=O)N(C)CC1CC1C. The highest BCUT2D eigenvalue weighted by Crippen LogP contribution is 2.37. The summed E-state index contributed by atoms with van der Waals surface area (Å²) in [4.78, 5) is 13.5. The molecule has 1 saturated carbocycles. The van der Waals surface area contributed by atoms with E-state index in [1.165, 1.54) is 6.42 Å². The van der Waals surface area contributed by atoms with Crippen molar-refractivity contribution in [3.05, 3.63) is 0 Å². The van der Waals surface area contributed by atoms with Gasteiger partial charge in [0.2, 0.25) is 5.91 Å². The molecule has 15 heavy (non-hydrogen) atoms. The Morgan fingerprint density at radius 2 is 2.27 bits per heavy atom. The van der Waals surface area contributed by atoms with Crippen molar-refractivity contribution in [2.75, 3.05) is 27.3 Å². The quantitative estimate of drug-likeness (QED) is 0.699. The molecule has 0 aromatic carbocycles. The minimum atomic E-state index is -0.413. The van der Waals surface area contributed by atoms with Crippen LogP contribution in [0.3, 0.4) is 0 Å². The van der Waals surface area contributed by atoms with E-state index >= 15 is 0 Å². The molecule has 2 N–H and O–H groups in total. The van der Waals surface area contributed by atoms with Gasteiger partial charge in [-0.25, -0.2) is 0 Å². The summed E-state index contributed by atoms with van der Waals surface area (Å²) in [7, 11) is 3.45. The third-order valence-electron chi connectivity index (χ3n) is 3.11. The van der Waals surface area contributed by atoms with E-state index in [9.17, 15) is 4.79 Å². The summed E-state index contributed by atoms with van der Waals surface area (Å²) < 4.78 is 4.90. The van der Waals surface area contributed by atoms with Gasteiger partial charge in [-0.05, 0) is 24.7 Å². The zero-order valence-corrected chi connectivity index (χ0v) is 9.90. The van der Waals surface area contributed by atoms with Crippen molar-refractivity contribution in [1.82, 2.24) is 4.90 Å². The van der Waals surface area contributed by atoms with E-state index in [1.807, 2.05) is 7.05 Å². The maximum atomic E-state index is 11.8. The molecule has 0 heterocycles. The number of nitrogens with two attached hydrogens (primary N) is 1. The van der Waals surface area contributed by atoms with Crippen LogP contribution in [0.1, 0.15) is 19.8 Å². The number of amides is 1. The molecule has 1 fully saturated rings. The Morgan fingerprint density at radius 3 is 2.73 bits per heavy atom. The number of ether oxygens (including phenoxy) is 1. The summed E-state index contributed by atoms with van der Waals surface area (Å²) >= 11 is 0. The molecule has 0 saturated heterocycles. The van der Waals surface area contributed by atoms with E-state index in [4.69, 9.17) is 10.5 Å². The van der Waals surface area contributed by atoms with Crippen LogP contribution in [0, 0.1) is 11.8 Å². The molecule has 4 heteroatoms. The van der Waals surface area contributed by atoms with Crippen molar-refractivity contribution in [1.29, 1.82) is 0 Å². The van der Waals surface area contributed by atoms with Crippen molar-refractivity contribution in [2.45, 2.75) is 25.8 Å². The Morgan fingerprint density at radius 1 is 1.67 bits per heavy atom. The monoisotopic (exact) mass is 214 g/mol. The Hall–Kier alpha value is -0.610. The standard InChI is InChI=1S/C11H22N2O2/c1-8-6-9(8)7-13(2)11(14)10(12)4-5-15-3/h8-10H,4-7,12H2,1-3H3. The van der Waals surface area contributed by atoms with Crippen LogP contribution in [-0.2, 0) is 9.53 Å². The molecule has 88 valence electrons. The van der Waals surface area contributed by atoms with Crippen LogP contribution in [-0.4, -0.2) is 44.2 Å². The molecule has 4 nitrogen and oxygen atoms in total. The Bertz CT molecular complexity index is 221. The number of carbonyl (C=O) groups excluding carboxylic acids is 1. The predicted molar refractivity (Wildman–Crippen MR) is 59.4 cm³/mol. The molecule has 0 aromatic heterocycles. The van der Waals surface area contributed by atoms with E-state index in [0.717, 1.165) is 12.5 Å². The molecule has 3 atom stereocenters. The Kier molecular flexibility index (Phi) is 4.54. The van der Waals surface area contributed by atoms with Gasteiger partial charge in [-0.2, -0.15) is 0 Å². The number of rotatable bonds is 6. The average Bonchev–Trinajstić information content (AvgIpc) is 2.89. The van der Waals surface area contributed by atoms with Gasteiger partial charge in [0.25, 0.3) is 0 Å². The van der Waals surface area contributed by atoms with Crippen molar-refractivity contribution >= 4 is 5.91 Å². The number of methoxy groups -OCH3 is 1. The summed E-state index contributed by atoms with van der Waals surface area (Å²) in [6, 6.07) is -0.413. The van der Waals surface area contributed by atoms with Crippen molar-refractivity contribution in [2.24, 2.45) is 17.6 Å². The lowest BCUT2D eigenvalue weighted by Gasteiger charge is -2.21. The van der Waals surface area contributed by atoms with Gasteiger partial charge in [-0.15, -0.1) is 0 Å². The highest BCUT2D eigenvalue weighted by molar-refractivity contribution is 5.81. The van der Waals surface area contributed by atoms with Crippen LogP contribution in [0.25, 0.3) is 0 Å². The van der Waals surface area contributed by atoms with Crippen LogP contribution in [0.2, 0.25) is 0 Å². The first-order chi connectivity index (χ1) is 7.06. The summed E-state index contributed by atoms with van der Waals surface area (Å²) in [6.45, 7) is 3.61. The second kappa shape index (κ2) is 5.47. The normalized spacial score (nSPS) is 26.1. The topological polar surface area (TPSA) is 55.6 Å². The van der Waals surface area contributed by atoms with E-state index < -0.39 is 6.04 Å². The fraction of sp³-hybridized carbons (Fsp3) is 0.909. The van der Waals surface area contributed by atoms with Crippen molar-refractivity contribution in [3.63, 3.8) is 0 Å². The number of hydrogen-bond acceptors (Lipinski definition) is 3. The number of likely N-dealkylation sites (N-methyl/N-ethyl adjacent to an activating group) is 1. The molecular weight excluding hydrogens is 192 g/mol. The van der Waals surface area contributed by atoms with Gasteiger partial charge in [0.05, 0.1) is 6.04 Å². The van der Waals surface area contributed by atoms with Crippen LogP contribution >= 0.6 is 0 Å². The van der Waals surface area contributed by atoms with Gasteiger partial charge in [-0.3, -0.25) is 4.79 Å². The van der Waals surface area contributed by atoms with Gasteiger partial charge in [0.1, 0.15) is 0 Å². The fourth-order valence-electron chi connectivity index (χ4n) is 1.75. The summed E-state index contributed by atoms with van der Waals surface area (Å²) in [5.41, 5.74) is 5.76. The maximum Gasteiger partial charge on any atom is 0.239 e. The molecule has 0 aromatic rings. The van der Waals surface area contributed by atoms with Crippen molar-refractivity contribution < 1.29 is 9.53 Å². The molecule has 0 aliphatic heterocycles. The molecule has 1 amide bonds. The van der Waals surface area contributed by atoms with Gasteiger partial charge in [0, 0.05) is 27.3 Å². The summed E-state index contributed by atoms with van der Waals surface area (Å²) in [5, 5.41) is 0. The molecule has 3 unspecified atom stereocenters. The molecule has 1 aliphatic carbocycles.